The van der Waals surface area contributed by atoms with Gasteiger partial charge in [-0.1, -0.05) is 0 Å². The van der Waals surface area contributed by atoms with Gasteiger partial charge in [0.15, 0.2) is 9.84 Å². The summed E-state index contributed by atoms with van der Waals surface area (Å²) in [6.07, 6.45) is -0.600. The third-order valence-corrected chi connectivity index (χ3v) is 4.21. The Morgan fingerprint density at radius 3 is 2.71 bits per heavy atom. The van der Waals surface area contributed by atoms with Crippen LogP contribution in [0.15, 0.2) is 0 Å². The molecular weight excluding hydrogens is 208 g/mol. The minimum atomic E-state index is -3.00. The number of esters is 1. The maximum atomic E-state index is 11.1. The molecule has 0 aromatic heterocycles. The van der Waals surface area contributed by atoms with Crippen molar-refractivity contribution in [3.05, 3.63) is 0 Å². The van der Waals surface area contributed by atoms with Gasteiger partial charge in [-0.3, -0.25) is 4.79 Å². The molecule has 5 nitrogen and oxygen atoms in total. The van der Waals surface area contributed by atoms with Gasteiger partial charge in [0.05, 0.1) is 31.1 Å². The highest BCUT2D eigenvalue weighted by Crippen LogP contribution is 2.23. The molecule has 0 spiro atoms. The molecule has 0 saturated carbocycles. The summed E-state index contributed by atoms with van der Waals surface area (Å²) >= 11 is 0. The number of carbonyl (C=O) groups excluding carboxylic acids is 1. The zero-order valence-corrected chi connectivity index (χ0v) is 8.79. The quantitative estimate of drug-likeness (QED) is 0.641. The minimum absolute atomic E-state index is 0.0227. The number of carbonyl (C=O) groups is 1. The van der Waals surface area contributed by atoms with Crippen molar-refractivity contribution in [3.8, 4) is 0 Å². The zero-order chi connectivity index (χ0) is 10.8. The lowest BCUT2D eigenvalue weighted by Gasteiger charge is -2.14. The Morgan fingerprint density at radius 1 is 1.64 bits per heavy atom. The first-order valence-electron chi connectivity index (χ1n) is 4.40. The summed E-state index contributed by atoms with van der Waals surface area (Å²) < 4.78 is 26.5. The van der Waals surface area contributed by atoms with Crippen molar-refractivity contribution in [1.82, 2.24) is 0 Å². The molecule has 1 heterocycles. The number of ether oxygens (including phenoxy) is 1. The van der Waals surface area contributed by atoms with Gasteiger partial charge in [-0.2, -0.15) is 0 Å². The lowest BCUT2D eigenvalue weighted by Crippen LogP contribution is -2.25. The van der Waals surface area contributed by atoms with Gasteiger partial charge in [-0.15, -0.1) is 0 Å². The first-order valence-corrected chi connectivity index (χ1v) is 6.22. The van der Waals surface area contributed by atoms with E-state index in [1.165, 1.54) is 7.11 Å². The Labute approximate surface area is 83.0 Å². The van der Waals surface area contributed by atoms with Crippen LogP contribution in [0.4, 0.5) is 0 Å². The van der Waals surface area contributed by atoms with Crippen LogP contribution in [0.25, 0.3) is 0 Å². The van der Waals surface area contributed by atoms with E-state index in [0.29, 0.717) is 6.42 Å². The van der Waals surface area contributed by atoms with E-state index in [-0.39, 0.29) is 23.8 Å². The predicted molar refractivity (Wildman–Crippen MR) is 49.4 cm³/mol. The predicted octanol–water partition coefficient (Wildman–Crippen LogP) is -0.655. The van der Waals surface area contributed by atoms with Gasteiger partial charge in [0.25, 0.3) is 0 Å². The van der Waals surface area contributed by atoms with E-state index in [9.17, 15) is 18.3 Å². The van der Waals surface area contributed by atoms with Crippen molar-refractivity contribution < 1.29 is 23.1 Å². The molecule has 2 atom stereocenters. The molecule has 0 amide bonds. The van der Waals surface area contributed by atoms with Gasteiger partial charge in [0.1, 0.15) is 0 Å². The van der Waals surface area contributed by atoms with E-state index in [4.69, 9.17) is 0 Å². The molecule has 1 aliphatic heterocycles. The second-order valence-electron chi connectivity index (χ2n) is 3.51. The molecule has 1 rings (SSSR count). The summed E-state index contributed by atoms with van der Waals surface area (Å²) in [5.41, 5.74) is 0. The fourth-order valence-corrected chi connectivity index (χ4v) is 3.42. The summed E-state index contributed by atoms with van der Waals surface area (Å²) in [7, 11) is -1.76. The summed E-state index contributed by atoms with van der Waals surface area (Å²) in [6.45, 7) is 0. The van der Waals surface area contributed by atoms with Gasteiger partial charge >= 0.3 is 5.97 Å². The molecule has 0 aromatic rings. The summed E-state index contributed by atoms with van der Waals surface area (Å²) in [5.74, 6) is -0.748. The van der Waals surface area contributed by atoms with Gasteiger partial charge in [0, 0.05) is 5.92 Å². The van der Waals surface area contributed by atoms with Gasteiger partial charge in [-0.25, -0.2) is 8.42 Å². The average molecular weight is 222 g/mol. The molecule has 0 aliphatic carbocycles. The van der Waals surface area contributed by atoms with E-state index < -0.39 is 21.9 Å². The molecule has 82 valence electrons. The Morgan fingerprint density at radius 2 is 2.29 bits per heavy atom. The van der Waals surface area contributed by atoms with E-state index in [1.807, 2.05) is 0 Å². The van der Waals surface area contributed by atoms with Gasteiger partial charge in [0.2, 0.25) is 0 Å². The number of aliphatic hydroxyl groups is 1. The van der Waals surface area contributed by atoms with Gasteiger partial charge in [-0.05, 0) is 6.42 Å². The molecule has 1 unspecified atom stereocenters. The Bertz CT molecular complexity index is 308. The third-order valence-electron chi connectivity index (χ3n) is 2.42. The van der Waals surface area contributed by atoms with Crippen molar-refractivity contribution in [2.75, 3.05) is 18.6 Å². The van der Waals surface area contributed by atoms with Crippen LogP contribution in [0, 0.1) is 5.92 Å². The highest BCUT2D eigenvalue weighted by molar-refractivity contribution is 7.91. The SMILES string of the molecule is COC(=O)C[C@H](O)C1CCS(=O)(=O)C1. The summed E-state index contributed by atoms with van der Waals surface area (Å²) in [5, 5.41) is 9.52. The number of sulfone groups is 1. The van der Waals surface area contributed by atoms with Crippen LogP contribution in [-0.2, 0) is 19.4 Å². The maximum Gasteiger partial charge on any atom is 0.308 e. The second-order valence-corrected chi connectivity index (χ2v) is 5.74. The van der Waals surface area contributed by atoms with Crippen molar-refractivity contribution in [2.24, 2.45) is 5.92 Å². The monoisotopic (exact) mass is 222 g/mol. The molecule has 14 heavy (non-hydrogen) atoms. The molecule has 1 N–H and O–H groups in total. The normalized spacial score (nSPS) is 27.1. The number of aliphatic hydroxyl groups excluding tert-OH is 1. The molecule has 0 bridgehead atoms. The molecule has 0 aromatic carbocycles. The Balaban J connectivity index is 2.47. The van der Waals surface area contributed by atoms with Crippen molar-refractivity contribution in [1.29, 1.82) is 0 Å². The highest BCUT2D eigenvalue weighted by Gasteiger charge is 2.33. The number of rotatable bonds is 3. The highest BCUT2D eigenvalue weighted by atomic mass is 32.2. The van der Waals surface area contributed by atoms with E-state index in [2.05, 4.69) is 4.74 Å². The first-order chi connectivity index (χ1) is 6.44. The smallest absolute Gasteiger partial charge is 0.308 e. The summed E-state index contributed by atoms with van der Waals surface area (Å²) in [4.78, 5) is 10.8. The molecule has 1 aliphatic rings. The van der Waals surface area contributed by atoms with Crippen molar-refractivity contribution >= 4 is 15.8 Å². The zero-order valence-electron chi connectivity index (χ0n) is 7.97. The van der Waals surface area contributed by atoms with Crippen molar-refractivity contribution in [2.45, 2.75) is 18.9 Å². The van der Waals surface area contributed by atoms with Gasteiger partial charge < -0.3 is 9.84 Å². The van der Waals surface area contributed by atoms with E-state index in [1.54, 1.807) is 0 Å². The molecule has 1 fully saturated rings. The Kier molecular flexibility index (Phi) is 3.49. The lowest BCUT2D eigenvalue weighted by molar-refractivity contribution is -0.143. The largest absolute Gasteiger partial charge is 0.469 e. The van der Waals surface area contributed by atoms with Crippen LogP contribution in [0.1, 0.15) is 12.8 Å². The minimum Gasteiger partial charge on any atom is -0.469 e. The summed E-state index contributed by atoms with van der Waals surface area (Å²) in [6, 6.07) is 0. The van der Waals surface area contributed by atoms with Crippen LogP contribution >= 0.6 is 0 Å². The van der Waals surface area contributed by atoms with Crippen molar-refractivity contribution in [3.63, 3.8) is 0 Å². The van der Waals surface area contributed by atoms with Crippen LogP contribution in [0.3, 0.4) is 0 Å². The standard InChI is InChI=1S/C8H14O5S/c1-13-8(10)4-7(9)6-2-3-14(11,12)5-6/h6-7,9H,2-5H2,1H3/t6?,7-/m0/s1. The lowest BCUT2D eigenvalue weighted by atomic mass is 9.99. The average Bonchev–Trinajstić information content (AvgIpc) is 2.46. The molecule has 0 radical (unpaired) electrons. The number of hydrogen-bond donors (Lipinski definition) is 1. The maximum absolute atomic E-state index is 11.1. The molecule has 6 heteroatoms. The molecule has 1 saturated heterocycles. The van der Waals surface area contributed by atoms with Crippen LogP contribution in [0.5, 0.6) is 0 Å². The first kappa shape index (κ1) is 11.5. The van der Waals surface area contributed by atoms with Crippen LogP contribution < -0.4 is 0 Å². The van der Waals surface area contributed by atoms with E-state index in [0.717, 1.165) is 0 Å². The molecular formula is C8H14O5S. The second kappa shape index (κ2) is 4.27. The van der Waals surface area contributed by atoms with Crippen LogP contribution in [-0.4, -0.2) is 44.2 Å². The number of hydrogen-bond acceptors (Lipinski definition) is 5. The topological polar surface area (TPSA) is 80.7 Å². The third kappa shape index (κ3) is 2.95. The Hall–Kier alpha value is -0.620. The van der Waals surface area contributed by atoms with Crippen LogP contribution in [0.2, 0.25) is 0 Å². The fourth-order valence-electron chi connectivity index (χ4n) is 1.55. The van der Waals surface area contributed by atoms with E-state index >= 15 is 0 Å². The fraction of sp³-hybridized carbons (Fsp3) is 0.875. The number of methoxy groups -OCH3 is 1.